The van der Waals surface area contributed by atoms with E-state index < -0.39 is 15.9 Å². The van der Waals surface area contributed by atoms with E-state index in [1.54, 1.807) is 30.3 Å². The molecule has 5 nitrogen and oxygen atoms in total. The molecule has 0 saturated carbocycles. The van der Waals surface area contributed by atoms with Crippen molar-refractivity contribution in [1.82, 2.24) is 5.32 Å². The van der Waals surface area contributed by atoms with Crippen LogP contribution in [0.25, 0.3) is 6.08 Å². The number of alkyl carbamates (subject to hydrolysis) is 1. The van der Waals surface area contributed by atoms with E-state index in [0.717, 1.165) is 5.56 Å². The second-order valence-corrected chi connectivity index (χ2v) is 7.47. The zero-order valence-corrected chi connectivity index (χ0v) is 14.8. The molecule has 0 bridgehead atoms. The summed E-state index contributed by atoms with van der Waals surface area (Å²) in [6, 6.07) is 16.2. The van der Waals surface area contributed by atoms with Crippen LogP contribution in [0.4, 0.5) is 4.79 Å². The fourth-order valence-corrected chi connectivity index (χ4v) is 3.09. The molecule has 25 heavy (non-hydrogen) atoms. The molecule has 1 amide bonds. The number of hydrogen-bond acceptors (Lipinski definition) is 4. The molecule has 132 valence electrons. The predicted molar refractivity (Wildman–Crippen MR) is 97.8 cm³/mol. The van der Waals surface area contributed by atoms with Crippen molar-refractivity contribution in [2.24, 2.45) is 0 Å². The number of nitrogens with one attached hydrogen (secondary N) is 1. The van der Waals surface area contributed by atoms with Gasteiger partial charge < -0.3 is 10.1 Å². The first-order chi connectivity index (χ1) is 12.0. The van der Waals surface area contributed by atoms with Gasteiger partial charge in [0.05, 0.1) is 4.90 Å². The molecule has 1 N–H and O–H groups in total. The van der Waals surface area contributed by atoms with Gasteiger partial charge in [-0.05, 0) is 23.6 Å². The quantitative estimate of drug-likeness (QED) is 0.769. The highest BCUT2D eigenvalue weighted by atomic mass is 32.2. The Morgan fingerprint density at radius 3 is 2.48 bits per heavy atom. The van der Waals surface area contributed by atoms with Gasteiger partial charge in [-0.2, -0.15) is 0 Å². The van der Waals surface area contributed by atoms with Gasteiger partial charge in [-0.25, -0.2) is 13.2 Å². The maximum Gasteiger partial charge on any atom is 0.407 e. The molecule has 2 aromatic rings. The van der Waals surface area contributed by atoms with Crippen LogP contribution in [-0.2, 0) is 21.2 Å². The third-order valence-electron chi connectivity index (χ3n) is 3.41. The molecule has 2 aromatic carbocycles. The highest BCUT2D eigenvalue weighted by molar-refractivity contribution is 7.90. The number of carbonyl (C=O) groups is 1. The van der Waals surface area contributed by atoms with Crippen molar-refractivity contribution in [2.75, 3.05) is 12.8 Å². The summed E-state index contributed by atoms with van der Waals surface area (Å²) in [7, 11) is -3.26. The topological polar surface area (TPSA) is 72.5 Å². The first kappa shape index (κ1) is 18.7. The lowest BCUT2D eigenvalue weighted by Crippen LogP contribution is -2.24. The van der Waals surface area contributed by atoms with Crippen molar-refractivity contribution in [2.45, 2.75) is 17.9 Å². The van der Waals surface area contributed by atoms with Gasteiger partial charge in [0.25, 0.3) is 0 Å². The second kappa shape index (κ2) is 9.03. The maximum absolute atomic E-state index is 11.7. The van der Waals surface area contributed by atoms with Crippen LogP contribution in [0.3, 0.4) is 0 Å². The molecular weight excluding hydrogens is 338 g/mol. The molecule has 0 unspecified atom stereocenters. The van der Waals surface area contributed by atoms with Crippen LogP contribution in [0.1, 0.15) is 17.5 Å². The summed E-state index contributed by atoms with van der Waals surface area (Å²) in [6.45, 7) is 0.634. The van der Waals surface area contributed by atoms with Crippen LogP contribution in [-0.4, -0.2) is 27.3 Å². The van der Waals surface area contributed by atoms with Crippen molar-refractivity contribution in [3.05, 3.63) is 71.8 Å². The van der Waals surface area contributed by atoms with Gasteiger partial charge in [-0.1, -0.05) is 60.7 Å². The average molecular weight is 359 g/mol. The molecule has 0 heterocycles. The third-order valence-corrected chi connectivity index (χ3v) is 4.58. The number of ether oxygens (including phenoxy) is 1. The summed E-state index contributed by atoms with van der Waals surface area (Å²) in [5, 5.41) is 2.65. The van der Waals surface area contributed by atoms with Gasteiger partial charge in [0.2, 0.25) is 0 Å². The highest BCUT2D eigenvalue weighted by Crippen LogP contribution is 2.16. The maximum atomic E-state index is 11.7. The molecule has 2 rings (SSSR count). The average Bonchev–Trinajstić information content (AvgIpc) is 2.60. The van der Waals surface area contributed by atoms with Gasteiger partial charge in [-0.3, -0.25) is 0 Å². The van der Waals surface area contributed by atoms with E-state index in [1.807, 2.05) is 36.4 Å². The molecule has 6 heteroatoms. The minimum atomic E-state index is -3.26. The zero-order chi connectivity index (χ0) is 18.1. The summed E-state index contributed by atoms with van der Waals surface area (Å²) in [4.78, 5) is 11.9. The summed E-state index contributed by atoms with van der Waals surface area (Å²) in [5.74, 6) is 0. The molecule has 0 atom stereocenters. The Labute approximate surface area is 148 Å². The summed E-state index contributed by atoms with van der Waals surface area (Å²) >= 11 is 0. The molecule has 0 aliphatic heterocycles. The van der Waals surface area contributed by atoms with E-state index in [4.69, 9.17) is 4.74 Å². The van der Waals surface area contributed by atoms with E-state index in [1.165, 1.54) is 6.26 Å². The largest absolute Gasteiger partial charge is 0.445 e. The van der Waals surface area contributed by atoms with Crippen LogP contribution in [0, 0.1) is 0 Å². The van der Waals surface area contributed by atoms with E-state index in [-0.39, 0.29) is 6.61 Å². The molecule has 0 fully saturated rings. The van der Waals surface area contributed by atoms with Crippen LogP contribution >= 0.6 is 0 Å². The van der Waals surface area contributed by atoms with E-state index in [0.29, 0.717) is 23.4 Å². The Hall–Kier alpha value is -2.60. The number of rotatable bonds is 7. The minimum absolute atomic E-state index is 0.226. The zero-order valence-electron chi connectivity index (χ0n) is 14.0. The van der Waals surface area contributed by atoms with Crippen molar-refractivity contribution in [3.8, 4) is 0 Å². The Bertz CT molecular complexity index is 830. The van der Waals surface area contributed by atoms with Gasteiger partial charge in [0.1, 0.15) is 6.61 Å². The van der Waals surface area contributed by atoms with E-state index in [2.05, 4.69) is 5.32 Å². The summed E-state index contributed by atoms with van der Waals surface area (Å²) < 4.78 is 28.5. The number of benzene rings is 2. The first-order valence-electron chi connectivity index (χ1n) is 7.87. The van der Waals surface area contributed by atoms with Gasteiger partial charge in [0, 0.05) is 12.8 Å². The molecule has 0 aromatic heterocycles. The number of hydrogen-bond donors (Lipinski definition) is 1. The summed E-state index contributed by atoms with van der Waals surface area (Å²) in [6.07, 6.45) is 4.84. The third kappa shape index (κ3) is 6.43. The standard InChI is InChI=1S/C19H21NO4S/c1-25(22,23)18-13-6-5-11-17(18)12-7-8-14-20-19(21)24-15-16-9-3-2-4-10-16/h2-7,9-13H,8,14-15H2,1H3,(H,20,21). The van der Waals surface area contributed by atoms with Gasteiger partial charge in [0.15, 0.2) is 9.84 Å². The molecular formula is C19H21NO4S. The smallest absolute Gasteiger partial charge is 0.407 e. The Balaban J connectivity index is 1.76. The van der Waals surface area contributed by atoms with Crippen LogP contribution < -0.4 is 5.32 Å². The molecule has 0 radical (unpaired) electrons. The van der Waals surface area contributed by atoms with Crippen molar-refractivity contribution in [3.63, 3.8) is 0 Å². The lowest BCUT2D eigenvalue weighted by molar-refractivity contribution is 0.140. The van der Waals surface area contributed by atoms with Crippen LogP contribution in [0.15, 0.2) is 65.6 Å². The van der Waals surface area contributed by atoms with E-state index in [9.17, 15) is 13.2 Å². The Morgan fingerprint density at radius 1 is 1.08 bits per heavy atom. The fraction of sp³-hybridized carbons (Fsp3) is 0.211. The van der Waals surface area contributed by atoms with Crippen LogP contribution in [0.2, 0.25) is 0 Å². The molecule has 0 saturated heterocycles. The lowest BCUT2D eigenvalue weighted by atomic mass is 10.2. The van der Waals surface area contributed by atoms with Gasteiger partial charge in [-0.15, -0.1) is 0 Å². The lowest BCUT2D eigenvalue weighted by Gasteiger charge is -2.06. The van der Waals surface area contributed by atoms with Crippen molar-refractivity contribution < 1.29 is 17.9 Å². The van der Waals surface area contributed by atoms with Crippen molar-refractivity contribution in [1.29, 1.82) is 0 Å². The number of amides is 1. The Morgan fingerprint density at radius 2 is 1.76 bits per heavy atom. The Kier molecular flexibility index (Phi) is 6.77. The van der Waals surface area contributed by atoms with E-state index >= 15 is 0 Å². The first-order valence-corrected chi connectivity index (χ1v) is 9.76. The number of sulfone groups is 1. The normalized spacial score (nSPS) is 11.4. The molecule has 0 aliphatic carbocycles. The highest BCUT2D eigenvalue weighted by Gasteiger charge is 2.09. The second-order valence-electron chi connectivity index (χ2n) is 5.49. The fourth-order valence-electron chi connectivity index (χ4n) is 2.20. The van der Waals surface area contributed by atoms with Gasteiger partial charge >= 0.3 is 6.09 Å². The molecule has 0 aliphatic rings. The predicted octanol–water partition coefficient (Wildman–Crippen LogP) is 3.42. The monoisotopic (exact) mass is 359 g/mol. The molecule has 0 spiro atoms. The number of carbonyl (C=O) groups excluding carboxylic acids is 1. The van der Waals surface area contributed by atoms with Crippen LogP contribution in [0.5, 0.6) is 0 Å². The minimum Gasteiger partial charge on any atom is -0.445 e. The van der Waals surface area contributed by atoms with Crippen molar-refractivity contribution >= 4 is 22.0 Å². The summed E-state index contributed by atoms with van der Waals surface area (Å²) in [5.41, 5.74) is 1.56. The SMILES string of the molecule is CS(=O)(=O)c1ccccc1C=CCCNC(=O)OCc1ccccc1.